The molecule has 2 aromatic rings. The number of amides is 1. The van der Waals surface area contributed by atoms with Gasteiger partial charge in [0.15, 0.2) is 0 Å². The summed E-state index contributed by atoms with van der Waals surface area (Å²) >= 11 is 0. The summed E-state index contributed by atoms with van der Waals surface area (Å²) in [6.45, 7) is 1.68. The van der Waals surface area contributed by atoms with Crippen molar-refractivity contribution in [2.45, 2.75) is 38.0 Å². The summed E-state index contributed by atoms with van der Waals surface area (Å²) < 4.78 is 5.83. The van der Waals surface area contributed by atoms with Gasteiger partial charge < -0.3 is 14.7 Å². The van der Waals surface area contributed by atoms with Crippen molar-refractivity contribution in [1.29, 1.82) is 0 Å². The van der Waals surface area contributed by atoms with E-state index in [2.05, 4.69) is 36.4 Å². The molecule has 4 aliphatic carbocycles. The van der Waals surface area contributed by atoms with E-state index >= 15 is 0 Å². The van der Waals surface area contributed by atoms with E-state index in [1.807, 2.05) is 17.0 Å². The van der Waals surface area contributed by atoms with Gasteiger partial charge in [0.2, 0.25) is 0 Å². The molecular formula is C27H29NO4. The number of carbonyl (C=O) groups is 2. The largest absolute Gasteiger partial charge is 0.481 e. The summed E-state index contributed by atoms with van der Waals surface area (Å²) in [5, 5.41) is 9.68. The lowest BCUT2D eigenvalue weighted by atomic mass is 9.53. The van der Waals surface area contributed by atoms with Crippen LogP contribution < -0.4 is 0 Å². The summed E-state index contributed by atoms with van der Waals surface area (Å²) in [6.07, 6.45) is 4.71. The van der Waals surface area contributed by atoms with Gasteiger partial charge in [0.05, 0.1) is 5.92 Å². The summed E-state index contributed by atoms with van der Waals surface area (Å²) in [5.41, 5.74) is 4.89. The van der Waals surface area contributed by atoms with E-state index in [1.165, 1.54) is 22.3 Å². The minimum atomic E-state index is -0.613. The third-order valence-corrected chi connectivity index (χ3v) is 8.88. The summed E-state index contributed by atoms with van der Waals surface area (Å²) in [7, 11) is 0. The van der Waals surface area contributed by atoms with Crippen molar-refractivity contribution in [3.05, 3.63) is 59.7 Å². The number of piperidine rings is 1. The lowest BCUT2D eigenvalue weighted by molar-refractivity contribution is -0.161. The number of benzene rings is 2. The second-order valence-electron chi connectivity index (χ2n) is 10.1. The van der Waals surface area contributed by atoms with Crippen molar-refractivity contribution in [3.63, 3.8) is 0 Å². The molecule has 1 aliphatic heterocycles. The maximum atomic E-state index is 12.9. The first-order chi connectivity index (χ1) is 15.6. The van der Waals surface area contributed by atoms with Gasteiger partial charge in [-0.15, -0.1) is 0 Å². The van der Waals surface area contributed by atoms with E-state index in [4.69, 9.17) is 4.74 Å². The smallest absolute Gasteiger partial charge is 0.409 e. The van der Waals surface area contributed by atoms with Crippen LogP contribution in [0.1, 0.15) is 49.1 Å². The molecule has 3 unspecified atom stereocenters. The summed E-state index contributed by atoms with van der Waals surface area (Å²) in [6, 6.07) is 16.7. The molecule has 166 valence electrons. The van der Waals surface area contributed by atoms with Crippen LogP contribution >= 0.6 is 0 Å². The van der Waals surface area contributed by atoms with Crippen molar-refractivity contribution in [1.82, 2.24) is 4.90 Å². The highest BCUT2D eigenvalue weighted by molar-refractivity contribution is 5.79. The number of carbonyl (C=O) groups excluding carboxylic acids is 1. The quantitative estimate of drug-likeness (QED) is 0.727. The van der Waals surface area contributed by atoms with Crippen molar-refractivity contribution < 1.29 is 19.4 Å². The number of likely N-dealkylation sites (tertiary alicyclic amines) is 1. The lowest BCUT2D eigenvalue weighted by Crippen LogP contribution is -2.53. The lowest BCUT2D eigenvalue weighted by Gasteiger charge is -2.52. The number of fused-ring (bicyclic) bond motifs is 4. The van der Waals surface area contributed by atoms with E-state index in [0.29, 0.717) is 31.5 Å². The normalized spacial score (nSPS) is 28.7. The molecule has 3 saturated carbocycles. The van der Waals surface area contributed by atoms with Crippen LogP contribution in [-0.2, 0) is 9.53 Å². The first-order valence-electron chi connectivity index (χ1n) is 11.9. The maximum Gasteiger partial charge on any atom is 0.409 e. The molecule has 1 amide bonds. The van der Waals surface area contributed by atoms with Gasteiger partial charge in [-0.3, -0.25) is 4.79 Å². The molecule has 7 rings (SSSR count). The van der Waals surface area contributed by atoms with Crippen molar-refractivity contribution >= 4 is 12.1 Å². The Morgan fingerprint density at radius 2 is 1.59 bits per heavy atom. The molecule has 4 fully saturated rings. The Hall–Kier alpha value is -2.82. The molecular weight excluding hydrogens is 402 g/mol. The molecule has 2 bridgehead atoms. The third-order valence-electron chi connectivity index (χ3n) is 8.88. The Kier molecular flexibility index (Phi) is 4.56. The molecule has 3 atom stereocenters. The Labute approximate surface area is 188 Å². The van der Waals surface area contributed by atoms with Gasteiger partial charge in [-0.05, 0) is 71.6 Å². The molecule has 1 saturated heterocycles. The highest BCUT2D eigenvalue weighted by Gasteiger charge is 2.65. The van der Waals surface area contributed by atoms with Gasteiger partial charge >= 0.3 is 12.1 Å². The van der Waals surface area contributed by atoms with E-state index in [9.17, 15) is 14.7 Å². The van der Waals surface area contributed by atoms with E-state index in [-0.39, 0.29) is 23.3 Å². The number of ether oxygens (including phenoxy) is 1. The molecule has 0 aromatic heterocycles. The van der Waals surface area contributed by atoms with Crippen molar-refractivity contribution in [3.8, 4) is 11.1 Å². The van der Waals surface area contributed by atoms with Gasteiger partial charge in [-0.2, -0.15) is 0 Å². The van der Waals surface area contributed by atoms with Crippen LogP contribution in [0.2, 0.25) is 0 Å². The monoisotopic (exact) mass is 431 g/mol. The van der Waals surface area contributed by atoms with E-state index in [1.54, 1.807) is 0 Å². The standard InChI is InChI=1S/C27H29NO4/c29-25(30)24-17-9-12-27(24,15-17)18-10-13-28(14-11-18)26(31)32-16-23-21-7-3-1-5-19(21)20-6-2-4-8-22(20)23/h1-8,17-18,23-24H,9-16H2,(H,29,30). The maximum absolute atomic E-state index is 12.9. The zero-order valence-corrected chi connectivity index (χ0v) is 18.2. The highest BCUT2D eigenvalue weighted by atomic mass is 16.6. The molecule has 0 radical (unpaired) electrons. The number of aliphatic carboxylic acids is 1. The minimum Gasteiger partial charge on any atom is -0.481 e. The molecule has 0 spiro atoms. The van der Waals surface area contributed by atoms with Gasteiger partial charge in [0, 0.05) is 19.0 Å². The number of rotatable bonds is 4. The molecule has 5 nitrogen and oxygen atoms in total. The third kappa shape index (κ3) is 2.83. The second-order valence-corrected chi connectivity index (χ2v) is 10.1. The number of hydrogen-bond donors (Lipinski definition) is 1. The van der Waals surface area contributed by atoms with Crippen LogP contribution in [0.25, 0.3) is 11.1 Å². The van der Waals surface area contributed by atoms with Crippen molar-refractivity contribution in [2.24, 2.45) is 23.2 Å². The highest BCUT2D eigenvalue weighted by Crippen LogP contribution is 2.68. The molecule has 1 N–H and O–H groups in total. The fraction of sp³-hybridized carbons (Fsp3) is 0.481. The zero-order chi connectivity index (χ0) is 21.9. The average molecular weight is 432 g/mol. The Morgan fingerprint density at radius 3 is 2.19 bits per heavy atom. The minimum absolute atomic E-state index is 0.0102. The molecule has 5 aliphatic rings. The number of hydrogen-bond acceptors (Lipinski definition) is 3. The molecule has 5 heteroatoms. The van der Waals surface area contributed by atoms with E-state index < -0.39 is 5.97 Å². The zero-order valence-electron chi connectivity index (χ0n) is 18.2. The molecule has 32 heavy (non-hydrogen) atoms. The van der Waals surface area contributed by atoms with E-state index in [0.717, 1.165) is 32.1 Å². The number of nitrogens with zero attached hydrogens (tertiary/aromatic N) is 1. The van der Waals surface area contributed by atoms with Gasteiger partial charge in [0.1, 0.15) is 6.61 Å². The number of carboxylic acid groups (broad SMARTS) is 1. The van der Waals surface area contributed by atoms with Gasteiger partial charge in [-0.1, -0.05) is 48.5 Å². The van der Waals surface area contributed by atoms with Crippen LogP contribution in [0, 0.1) is 23.2 Å². The van der Waals surface area contributed by atoms with Crippen LogP contribution in [0.5, 0.6) is 0 Å². The van der Waals surface area contributed by atoms with Gasteiger partial charge in [-0.25, -0.2) is 4.79 Å². The first-order valence-corrected chi connectivity index (χ1v) is 11.9. The van der Waals surface area contributed by atoms with Gasteiger partial charge in [0.25, 0.3) is 0 Å². The Bertz CT molecular complexity index is 1020. The topological polar surface area (TPSA) is 66.8 Å². The summed E-state index contributed by atoms with van der Waals surface area (Å²) in [4.78, 5) is 26.5. The fourth-order valence-electron chi connectivity index (χ4n) is 7.42. The van der Waals surface area contributed by atoms with Crippen LogP contribution in [0.4, 0.5) is 4.79 Å². The van der Waals surface area contributed by atoms with Crippen molar-refractivity contribution in [2.75, 3.05) is 19.7 Å². The predicted molar refractivity (Wildman–Crippen MR) is 120 cm³/mol. The fourth-order valence-corrected chi connectivity index (χ4v) is 7.42. The second kappa shape index (κ2) is 7.36. The number of carboxylic acids is 1. The molecule has 2 aromatic carbocycles. The Balaban J connectivity index is 1.09. The average Bonchev–Trinajstić information content (AvgIpc) is 3.49. The van der Waals surface area contributed by atoms with Crippen LogP contribution in [0.15, 0.2) is 48.5 Å². The van der Waals surface area contributed by atoms with Crippen LogP contribution in [-0.4, -0.2) is 41.8 Å². The Morgan fingerprint density at radius 1 is 0.969 bits per heavy atom. The predicted octanol–water partition coefficient (Wildman–Crippen LogP) is 5.15. The SMILES string of the molecule is O=C(O)C1C2CCC1(C1CCN(C(=O)OCC3c4ccccc4-c4ccccc43)CC1)C2. The molecule has 1 heterocycles. The summed E-state index contributed by atoms with van der Waals surface area (Å²) in [5.74, 6) is 0.100. The van der Waals surface area contributed by atoms with Crippen LogP contribution in [0.3, 0.4) is 0 Å². The first kappa shape index (κ1) is 19.8.